The lowest BCUT2D eigenvalue weighted by Gasteiger charge is -2.27. The Kier molecular flexibility index (Phi) is 5.55. The largest absolute Gasteiger partial charge is 0.508 e. The minimum absolute atomic E-state index is 0.0161. The number of hydrogen-bond acceptors (Lipinski definition) is 2. The van der Waals surface area contributed by atoms with Gasteiger partial charge in [-0.05, 0) is 13.3 Å². The van der Waals surface area contributed by atoms with Crippen LogP contribution in [0.1, 0.15) is 20.3 Å². The first-order valence-corrected chi connectivity index (χ1v) is 5.29. The fourth-order valence-corrected chi connectivity index (χ4v) is 1.19. The van der Waals surface area contributed by atoms with E-state index < -0.39 is 22.6 Å². The van der Waals surface area contributed by atoms with Crippen LogP contribution in [0.5, 0.6) is 0 Å². The van der Waals surface area contributed by atoms with E-state index in [1.807, 2.05) is 0 Å². The third kappa shape index (κ3) is 5.00. The Hall–Kier alpha value is -0.680. The molecule has 0 aliphatic heterocycles. The quantitative estimate of drug-likeness (QED) is 0.462. The Morgan fingerprint density at radius 3 is 2.29 bits per heavy atom. The minimum Gasteiger partial charge on any atom is -0.508 e. The summed E-state index contributed by atoms with van der Waals surface area (Å²) < 4.78 is 42.3. The van der Waals surface area contributed by atoms with Crippen molar-refractivity contribution in [2.24, 2.45) is 5.92 Å². The van der Waals surface area contributed by atoms with Crippen molar-refractivity contribution in [3.05, 3.63) is 24.0 Å². The number of hydrogen-bond donors (Lipinski definition) is 1. The van der Waals surface area contributed by atoms with Gasteiger partial charge in [0, 0.05) is 13.0 Å². The summed E-state index contributed by atoms with van der Waals surface area (Å²) in [6.45, 7) is 6.10. The molecule has 0 aromatic rings. The summed E-state index contributed by atoms with van der Waals surface area (Å²) in [6.07, 6.45) is -3.74. The van der Waals surface area contributed by atoms with Gasteiger partial charge >= 0.3 is 6.18 Å². The Bertz CT molecular complexity index is 308. The standard InChI is InChI=1S/C11H16ClF3O2/c1-7(10(3,12)17-4)5-6-9(8(2)16)11(13,14)15/h6-7,16H,2,5H2,1,3-4H3/b9-6+/t7-,10?/m1/s1. The zero-order valence-corrected chi connectivity index (χ0v) is 10.7. The maximum Gasteiger partial charge on any atom is 0.419 e. The summed E-state index contributed by atoms with van der Waals surface area (Å²) in [5.74, 6) is -1.36. The summed E-state index contributed by atoms with van der Waals surface area (Å²) >= 11 is 5.93. The predicted octanol–water partition coefficient (Wildman–Crippen LogP) is 4.17. The number of methoxy groups -OCH3 is 1. The zero-order chi connectivity index (χ0) is 13.9. The summed E-state index contributed by atoms with van der Waals surface area (Å²) in [4.78, 5) is 0. The van der Waals surface area contributed by atoms with Gasteiger partial charge in [-0.25, -0.2) is 0 Å². The highest BCUT2D eigenvalue weighted by molar-refractivity contribution is 6.22. The Balaban J connectivity index is 4.85. The van der Waals surface area contributed by atoms with Gasteiger partial charge in [-0.2, -0.15) is 13.2 Å². The molecule has 0 spiro atoms. The molecule has 6 heteroatoms. The van der Waals surface area contributed by atoms with Gasteiger partial charge in [0.1, 0.15) is 10.8 Å². The molecule has 0 amide bonds. The van der Waals surface area contributed by atoms with Gasteiger partial charge in [-0.1, -0.05) is 31.2 Å². The second-order valence-corrected chi connectivity index (χ2v) is 4.64. The van der Waals surface area contributed by atoms with E-state index in [-0.39, 0.29) is 12.3 Å². The molecular formula is C11H16ClF3O2. The molecule has 1 unspecified atom stereocenters. The highest BCUT2D eigenvalue weighted by atomic mass is 35.5. The molecule has 0 aromatic heterocycles. The van der Waals surface area contributed by atoms with Crippen LogP contribution in [0.3, 0.4) is 0 Å². The summed E-state index contributed by atoms with van der Waals surface area (Å²) in [7, 11) is 1.38. The summed E-state index contributed by atoms with van der Waals surface area (Å²) in [5, 5.41) is 7.82. The topological polar surface area (TPSA) is 29.5 Å². The van der Waals surface area contributed by atoms with E-state index in [1.165, 1.54) is 7.11 Å². The molecule has 0 radical (unpaired) electrons. The molecule has 0 saturated carbocycles. The third-order valence-electron chi connectivity index (χ3n) is 2.57. The molecule has 0 fully saturated rings. The number of rotatable bonds is 5. The molecule has 0 saturated heterocycles. The lowest BCUT2D eigenvalue weighted by atomic mass is 9.99. The van der Waals surface area contributed by atoms with Gasteiger partial charge in [0.2, 0.25) is 0 Å². The molecule has 0 aromatic carbocycles. The van der Waals surface area contributed by atoms with Crippen molar-refractivity contribution in [1.82, 2.24) is 0 Å². The third-order valence-corrected chi connectivity index (χ3v) is 3.10. The molecule has 2 nitrogen and oxygen atoms in total. The highest BCUT2D eigenvalue weighted by Crippen LogP contribution is 2.33. The van der Waals surface area contributed by atoms with Gasteiger partial charge < -0.3 is 9.84 Å². The maximum absolute atomic E-state index is 12.4. The molecule has 0 heterocycles. The first-order valence-electron chi connectivity index (χ1n) is 4.92. The second kappa shape index (κ2) is 5.78. The average molecular weight is 273 g/mol. The van der Waals surface area contributed by atoms with Crippen LogP contribution in [0.2, 0.25) is 0 Å². The van der Waals surface area contributed by atoms with Crippen molar-refractivity contribution in [2.75, 3.05) is 7.11 Å². The van der Waals surface area contributed by atoms with Crippen molar-refractivity contribution in [2.45, 2.75) is 31.5 Å². The van der Waals surface area contributed by atoms with E-state index in [1.54, 1.807) is 13.8 Å². The molecular weight excluding hydrogens is 257 g/mol. The van der Waals surface area contributed by atoms with Crippen LogP contribution in [0.4, 0.5) is 13.2 Å². The van der Waals surface area contributed by atoms with Crippen LogP contribution < -0.4 is 0 Å². The smallest absolute Gasteiger partial charge is 0.419 e. The normalized spacial score (nSPS) is 18.6. The fraction of sp³-hybridized carbons (Fsp3) is 0.636. The van der Waals surface area contributed by atoms with Crippen molar-refractivity contribution in [1.29, 1.82) is 0 Å². The maximum atomic E-state index is 12.4. The fourth-order valence-electron chi connectivity index (χ4n) is 1.10. The van der Waals surface area contributed by atoms with E-state index in [9.17, 15) is 13.2 Å². The first kappa shape index (κ1) is 16.3. The number of ether oxygens (including phenoxy) is 1. The van der Waals surface area contributed by atoms with Gasteiger partial charge in [-0.15, -0.1) is 0 Å². The minimum atomic E-state index is -4.62. The Morgan fingerprint density at radius 2 is 2.00 bits per heavy atom. The first-order chi connectivity index (χ1) is 7.52. The van der Waals surface area contributed by atoms with E-state index in [2.05, 4.69) is 6.58 Å². The molecule has 0 aliphatic rings. The van der Waals surface area contributed by atoms with E-state index in [4.69, 9.17) is 21.4 Å². The van der Waals surface area contributed by atoms with E-state index in [0.29, 0.717) is 0 Å². The number of aliphatic hydroxyl groups excluding tert-OH is 1. The molecule has 1 N–H and O–H groups in total. The van der Waals surface area contributed by atoms with Crippen LogP contribution in [-0.4, -0.2) is 23.5 Å². The van der Waals surface area contributed by atoms with Crippen LogP contribution >= 0.6 is 11.6 Å². The van der Waals surface area contributed by atoms with Gasteiger partial charge in [0.25, 0.3) is 0 Å². The summed E-state index contributed by atoms with van der Waals surface area (Å²) in [6, 6.07) is 0. The van der Waals surface area contributed by atoms with Crippen molar-refractivity contribution < 1.29 is 23.0 Å². The van der Waals surface area contributed by atoms with Gasteiger partial charge in [0.05, 0.1) is 5.57 Å². The Labute approximate surface area is 104 Å². The predicted molar refractivity (Wildman–Crippen MR) is 61.0 cm³/mol. The van der Waals surface area contributed by atoms with Crippen LogP contribution in [-0.2, 0) is 4.74 Å². The number of allylic oxidation sites excluding steroid dienone is 2. The molecule has 100 valence electrons. The highest BCUT2D eigenvalue weighted by Gasteiger charge is 2.36. The molecule has 0 aliphatic carbocycles. The molecule has 0 bridgehead atoms. The van der Waals surface area contributed by atoms with Crippen LogP contribution in [0.15, 0.2) is 24.0 Å². The molecule has 17 heavy (non-hydrogen) atoms. The second-order valence-electron chi connectivity index (χ2n) is 3.89. The zero-order valence-electron chi connectivity index (χ0n) is 9.94. The molecule has 0 rings (SSSR count). The number of halogens is 4. The van der Waals surface area contributed by atoms with Crippen LogP contribution in [0, 0.1) is 5.92 Å². The lowest BCUT2D eigenvalue weighted by molar-refractivity contribution is -0.0927. The summed E-state index contributed by atoms with van der Waals surface area (Å²) in [5.41, 5.74) is -1.15. The number of alkyl halides is 4. The van der Waals surface area contributed by atoms with E-state index in [0.717, 1.165) is 6.08 Å². The average Bonchev–Trinajstić information content (AvgIpc) is 2.14. The van der Waals surface area contributed by atoms with Crippen molar-refractivity contribution >= 4 is 11.6 Å². The van der Waals surface area contributed by atoms with Crippen molar-refractivity contribution in [3.8, 4) is 0 Å². The Morgan fingerprint density at radius 1 is 1.53 bits per heavy atom. The van der Waals surface area contributed by atoms with Crippen molar-refractivity contribution in [3.63, 3.8) is 0 Å². The monoisotopic (exact) mass is 272 g/mol. The lowest BCUT2D eigenvalue weighted by Crippen LogP contribution is -2.28. The molecule has 2 atom stereocenters. The van der Waals surface area contributed by atoms with Crippen LogP contribution in [0.25, 0.3) is 0 Å². The SMILES string of the molecule is C=C(O)/C(=C\C[C@@H](C)C(C)(Cl)OC)C(F)(F)F. The van der Waals surface area contributed by atoms with E-state index >= 15 is 0 Å². The van der Waals surface area contributed by atoms with Gasteiger partial charge in [0.15, 0.2) is 0 Å². The van der Waals surface area contributed by atoms with Gasteiger partial charge in [-0.3, -0.25) is 0 Å². The number of aliphatic hydroxyl groups is 1.